The van der Waals surface area contributed by atoms with Crippen LogP contribution in [-0.4, -0.2) is 0 Å². The maximum atomic E-state index is 2.33. The first-order chi connectivity index (χ1) is 7.85. The van der Waals surface area contributed by atoms with Gasteiger partial charge in [0.05, 0.1) is 0 Å². The van der Waals surface area contributed by atoms with Crippen LogP contribution in [0, 0.1) is 5.92 Å². The normalized spacial score (nSPS) is 12.9. The van der Waals surface area contributed by atoms with Gasteiger partial charge in [-0.25, -0.2) is 0 Å². The summed E-state index contributed by atoms with van der Waals surface area (Å²) in [4.78, 5) is 0. The molecule has 0 nitrogen and oxygen atoms in total. The van der Waals surface area contributed by atoms with Gasteiger partial charge in [0, 0.05) is 0 Å². The topological polar surface area (TPSA) is 0 Å². The second-order valence-electron chi connectivity index (χ2n) is 5.35. The van der Waals surface area contributed by atoms with Gasteiger partial charge in [-0.2, -0.15) is 0 Å². The van der Waals surface area contributed by atoms with Crippen LogP contribution in [0.5, 0.6) is 0 Å². The molecule has 0 heterocycles. The van der Waals surface area contributed by atoms with Crippen LogP contribution in [0.2, 0.25) is 0 Å². The van der Waals surface area contributed by atoms with Crippen molar-refractivity contribution in [3.8, 4) is 0 Å². The van der Waals surface area contributed by atoms with Crippen molar-refractivity contribution in [2.24, 2.45) is 5.92 Å². The first-order valence-electron chi connectivity index (χ1n) is 7.85. The highest BCUT2D eigenvalue weighted by molar-refractivity contribution is 4.59. The molecule has 0 bridgehead atoms. The summed E-state index contributed by atoms with van der Waals surface area (Å²) < 4.78 is 0. The van der Waals surface area contributed by atoms with E-state index in [0.717, 1.165) is 5.92 Å². The molecule has 0 aliphatic carbocycles. The zero-order valence-corrected chi connectivity index (χ0v) is 12.1. The maximum absolute atomic E-state index is 2.33. The van der Waals surface area contributed by atoms with Crippen LogP contribution in [0.25, 0.3) is 0 Å². The summed E-state index contributed by atoms with van der Waals surface area (Å²) in [5.74, 6) is 1.04. The minimum atomic E-state index is 1.04. The van der Waals surface area contributed by atoms with Crippen molar-refractivity contribution in [1.82, 2.24) is 0 Å². The van der Waals surface area contributed by atoms with Gasteiger partial charge in [-0.1, -0.05) is 97.8 Å². The summed E-state index contributed by atoms with van der Waals surface area (Å²) in [5.41, 5.74) is 0. The van der Waals surface area contributed by atoms with Crippen molar-refractivity contribution in [3.63, 3.8) is 0 Å². The molecular weight excluding hydrogens is 192 g/mol. The van der Waals surface area contributed by atoms with Gasteiger partial charge in [-0.3, -0.25) is 0 Å². The molecule has 1 unspecified atom stereocenters. The van der Waals surface area contributed by atoms with E-state index in [4.69, 9.17) is 0 Å². The zero-order valence-electron chi connectivity index (χ0n) is 12.1. The van der Waals surface area contributed by atoms with Crippen LogP contribution >= 0.6 is 0 Å². The highest BCUT2D eigenvalue weighted by Crippen LogP contribution is 2.22. The Kier molecular flexibility index (Phi) is 13.1. The maximum Gasteiger partial charge on any atom is -0.0414 e. The highest BCUT2D eigenvalue weighted by atomic mass is 14.1. The summed E-state index contributed by atoms with van der Waals surface area (Å²) in [5, 5.41) is 0. The quantitative estimate of drug-likeness (QED) is 0.340. The first-order valence-corrected chi connectivity index (χ1v) is 7.85. The molecule has 0 N–H and O–H groups in total. The summed E-state index contributed by atoms with van der Waals surface area (Å²) in [7, 11) is 0. The number of unbranched alkanes of at least 4 members (excludes halogenated alkanes) is 6. The largest absolute Gasteiger partial charge is 0.0654 e. The third-order valence-electron chi connectivity index (χ3n) is 3.63. The molecule has 1 atom stereocenters. The minimum absolute atomic E-state index is 1.04. The third-order valence-corrected chi connectivity index (χ3v) is 3.63. The Morgan fingerprint density at radius 1 is 0.500 bits per heavy atom. The summed E-state index contributed by atoms with van der Waals surface area (Å²) >= 11 is 0. The van der Waals surface area contributed by atoms with E-state index in [-0.39, 0.29) is 0 Å². The van der Waals surface area contributed by atoms with Crippen LogP contribution in [0.4, 0.5) is 0 Å². The second-order valence-corrected chi connectivity index (χ2v) is 5.35. The van der Waals surface area contributed by atoms with Crippen LogP contribution in [-0.2, 0) is 0 Å². The second kappa shape index (κ2) is 13.1. The van der Waals surface area contributed by atoms with Crippen molar-refractivity contribution in [2.45, 2.75) is 97.8 Å². The molecule has 0 amide bonds. The van der Waals surface area contributed by atoms with Gasteiger partial charge in [-0.15, -0.1) is 0 Å². The molecule has 0 saturated carbocycles. The molecular formula is C16H34. The van der Waals surface area contributed by atoms with E-state index in [2.05, 4.69) is 20.8 Å². The van der Waals surface area contributed by atoms with E-state index in [1.165, 1.54) is 77.0 Å². The Balaban J connectivity index is 3.36. The first kappa shape index (κ1) is 16.0. The predicted molar refractivity (Wildman–Crippen MR) is 75.9 cm³/mol. The third kappa shape index (κ3) is 10.5. The molecule has 0 aromatic rings. The van der Waals surface area contributed by atoms with Crippen molar-refractivity contribution >= 4 is 0 Å². The number of hydrogen-bond acceptors (Lipinski definition) is 0. The molecule has 0 aromatic heterocycles. The fraction of sp³-hybridized carbons (Fsp3) is 1.00. The zero-order chi connectivity index (χ0) is 12.1. The van der Waals surface area contributed by atoms with E-state index in [1.807, 2.05) is 0 Å². The smallest absolute Gasteiger partial charge is 0.0414 e. The molecule has 0 aliphatic heterocycles. The van der Waals surface area contributed by atoms with E-state index in [0.29, 0.717) is 0 Å². The monoisotopic (exact) mass is 226 g/mol. The van der Waals surface area contributed by atoms with Gasteiger partial charge in [-0.05, 0) is 5.92 Å². The summed E-state index contributed by atoms with van der Waals surface area (Å²) in [6, 6.07) is 0. The van der Waals surface area contributed by atoms with Gasteiger partial charge >= 0.3 is 0 Å². The Labute approximate surface area is 104 Å². The number of rotatable bonds is 12. The minimum Gasteiger partial charge on any atom is -0.0654 e. The Bertz CT molecular complexity index is 117. The Hall–Kier alpha value is 0. The lowest BCUT2D eigenvalue weighted by Gasteiger charge is -2.15. The average molecular weight is 226 g/mol. The van der Waals surface area contributed by atoms with Gasteiger partial charge in [0.1, 0.15) is 0 Å². The van der Waals surface area contributed by atoms with Gasteiger partial charge in [0.2, 0.25) is 0 Å². The fourth-order valence-electron chi connectivity index (χ4n) is 2.55. The van der Waals surface area contributed by atoms with Crippen molar-refractivity contribution < 1.29 is 0 Å². The molecule has 0 saturated heterocycles. The molecule has 0 spiro atoms. The van der Waals surface area contributed by atoms with E-state index >= 15 is 0 Å². The SMILES string of the molecule is CCCCCCCCC(CCC)CCCC. The van der Waals surface area contributed by atoms with Gasteiger partial charge < -0.3 is 0 Å². The van der Waals surface area contributed by atoms with E-state index in [9.17, 15) is 0 Å². The Morgan fingerprint density at radius 3 is 1.69 bits per heavy atom. The van der Waals surface area contributed by atoms with Gasteiger partial charge in [0.15, 0.2) is 0 Å². The van der Waals surface area contributed by atoms with Gasteiger partial charge in [0.25, 0.3) is 0 Å². The predicted octanol–water partition coefficient (Wildman–Crippen LogP) is 6.34. The highest BCUT2D eigenvalue weighted by Gasteiger charge is 2.06. The molecule has 0 rings (SSSR count). The molecule has 0 fully saturated rings. The lowest BCUT2D eigenvalue weighted by molar-refractivity contribution is 0.383. The van der Waals surface area contributed by atoms with Crippen molar-refractivity contribution in [3.05, 3.63) is 0 Å². The van der Waals surface area contributed by atoms with Crippen LogP contribution in [0.3, 0.4) is 0 Å². The molecule has 0 aromatic carbocycles. The summed E-state index contributed by atoms with van der Waals surface area (Å²) in [6.07, 6.45) is 17.4. The molecule has 0 radical (unpaired) electrons. The van der Waals surface area contributed by atoms with Crippen LogP contribution in [0.1, 0.15) is 97.8 Å². The number of hydrogen-bond donors (Lipinski definition) is 0. The van der Waals surface area contributed by atoms with E-state index in [1.54, 1.807) is 0 Å². The van der Waals surface area contributed by atoms with Crippen molar-refractivity contribution in [2.75, 3.05) is 0 Å². The van der Waals surface area contributed by atoms with Crippen LogP contribution < -0.4 is 0 Å². The lowest BCUT2D eigenvalue weighted by atomic mass is 9.91. The molecule has 16 heavy (non-hydrogen) atoms. The van der Waals surface area contributed by atoms with Crippen molar-refractivity contribution in [1.29, 1.82) is 0 Å². The average Bonchev–Trinajstić information content (AvgIpc) is 2.30. The summed E-state index contributed by atoms with van der Waals surface area (Å²) in [6.45, 7) is 6.94. The fourth-order valence-corrected chi connectivity index (χ4v) is 2.55. The van der Waals surface area contributed by atoms with Crippen LogP contribution in [0.15, 0.2) is 0 Å². The molecule has 0 heteroatoms. The standard InChI is InChI=1S/C16H34/c1-4-7-9-10-11-12-15-16(13-6-3)14-8-5-2/h16H,4-15H2,1-3H3. The molecule has 0 aliphatic rings. The van der Waals surface area contributed by atoms with E-state index < -0.39 is 0 Å². The Morgan fingerprint density at radius 2 is 1.06 bits per heavy atom. The molecule has 98 valence electrons. The lowest BCUT2D eigenvalue weighted by Crippen LogP contribution is -2.00.